The van der Waals surface area contributed by atoms with Gasteiger partial charge in [-0.15, -0.1) is 0 Å². The number of pyridine rings is 1. The van der Waals surface area contributed by atoms with Crippen LogP contribution in [0.4, 0.5) is 0 Å². The smallest absolute Gasteiger partial charge is 0.0740 e. The van der Waals surface area contributed by atoms with E-state index in [1.807, 2.05) is 19.2 Å². The van der Waals surface area contributed by atoms with Crippen molar-refractivity contribution in [2.75, 3.05) is 20.1 Å². The van der Waals surface area contributed by atoms with E-state index in [4.69, 9.17) is 16.6 Å². The SMILES string of the molecule is CC=C(C)C.CN1CCC/C(=C2\c3ccc(Cl)cc3CCc3cccnc32)C1. The molecule has 28 heavy (non-hydrogen) atoms. The van der Waals surface area contributed by atoms with Crippen LogP contribution in [0.1, 0.15) is 56.0 Å². The van der Waals surface area contributed by atoms with E-state index < -0.39 is 0 Å². The van der Waals surface area contributed by atoms with Crippen LogP contribution in [0.3, 0.4) is 0 Å². The van der Waals surface area contributed by atoms with E-state index in [0.29, 0.717) is 0 Å². The van der Waals surface area contributed by atoms with Gasteiger partial charge in [-0.25, -0.2) is 0 Å². The average Bonchev–Trinajstić information content (AvgIpc) is 2.85. The molecule has 2 aromatic rings. The molecule has 0 N–H and O–H groups in total. The van der Waals surface area contributed by atoms with Crippen molar-refractivity contribution in [1.82, 2.24) is 9.88 Å². The second-order valence-electron chi connectivity index (χ2n) is 8.00. The normalized spacial score (nSPS) is 18.9. The van der Waals surface area contributed by atoms with Gasteiger partial charge in [-0.2, -0.15) is 0 Å². The average molecular weight is 395 g/mol. The number of hydrogen-bond donors (Lipinski definition) is 0. The zero-order chi connectivity index (χ0) is 20.1. The molecule has 0 bridgehead atoms. The molecule has 2 aliphatic rings. The second kappa shape index (κ2) is 9.54. The molecule has 3 heteroatoms. The number of aromatic nitrogens is 1. The first-order chi connectivity index (χ1) is 13.5. The molecular formula is C25H31ClN2. The lowest BCUT2D eigenvalue weighted by Crippen LogP contribution is -2.28. The Labute approximate surface area is 174 Å². The maximum Gasteiger partial charge on any atom is 0.0740 e. The van der Waals surface area contributed by atoms with Crippen LogP contribution in [0.5, 0.6) is 0 Å². The van der Waals surface area contributed by atoms with E-state index >= 15 is 0 Å². The summed E-state index contributed by atoms with van der Waals surface area (Å²) in [6.45, 7) is 8.42. The van der Waals surface area contributed by atoms with Gasteiger partial charge in [-0.05, 0) is 101 Å². The van der Waals surface area contributed by atoms with Gasteiger partial charge in [0, 0.05) is 23.3 Å². The van der Waals surface area contributed by atoms with Crippen molar-refractivity contribution in [3.63, 3.8) is 0 Å². The lowest BCUT2D eigenvalue weighted by atomic mass is 9.89. The van der Waals surface area contributed by atoms with Crippen LogP contribution in [0.15, 0.2) is 53.8 Å². The third-order valence-electron chi connectivity index (χ3n) is 5.54. The Morgan fingerprint density at radius 1 is 1.11 bits per heavy atom. The summed E-state index contributed by atoms with van der Waals surface area (Å²) in [5.74, 6) is 0. The fraction of sp³-hybridized carbons (Fsp3) is 0.400. The molecule has 1 aliphatic heterocycles. The van der Waals surface area contributed by atoms with Gasteiger partial charge in [-0.3, -0.25) is 4.98 Å². The number of piperidine rings is 1. The van der Waals surface area contributed by atoms with Gasteiger partial charge in [0.1, 0.15) is 0 Å². The first-order valence-electron chi connectivity index (χ1n) is 10.2. The number of nitrogens with zero attached hydrogens (tertiary/aromatic N) is 2. The molecule has 0 saturated carbocycles. The fourth-order valence-electron chi connectivity index (χ4n) is 3.88. The summed E-state index contributed by atoms with van der Waals surface area (Å²) in [6.07, 6.45) is 8.45. The van der Waals surface area contributed by atoms with Crippen LogP contribution < -0.4 is 0 Å². The molecule has 148 valence electrons. The highest BCUT2D eigenvalue weighted by atomic mass is 35.5. The predicted molar refractivity (Wildman–Crippen MR) is 121 cm³/mol. The quantitative estimate of drug-likeness (QED) is 0.485. The summed E-state index contributed by atoms with van der Waals surface area (Å²) in [4.78, 5) is 7.18. The van der Waals surface area contributed by atoms with Crippen LogP contribution >= 0.6 is 11.6 Å². The van der Waals surface area contributed by atoms with Gasteiger partial charge in [0.2, 0.25) is 0 Å². The Morgan fingerprint density at radius 3 is 2.57 bits per heavy atom. The predicted octanol–water partition coefficient (Wildman–Crippen LogP) is 6.33. The number of likely N-dealkylation sites (N-methyl/N-ethyl adjacent to an activating group) is 1. The molecular weight excluding hydrogens is 364 g/mol. The maximum absolute atomic E-state index is 6.26. The van der Waals surface area contributed by atoms with E-state index in [9.17, 15) is 0 Å². The number of likely N-dealkylation sites (tertiary alicyclic amines) is 1. The number of halogens is 1. The molecule has 2 heterocycles. The van der Waals surface area contributed by atoms with Crippen LogP contribution in [0.2, 0.25) is 5.02 Å². The van der Waals surface area contributed by atoms with E-state index in [1.54, 1.807) is 0 Å². The molecule has 0 atom stereocenters. The summed E-state index contributed by atoms with van der Waals surface area (Å²) in [6, 6.07) is 10.6. The molecule has 2 nitrogen and oxygen atoms in total. The highest BCUT2D eigenvalue weighted by Gasteiger charge is 2.24. The first-order valence-corrected chi connectivity index (χ1v) is 10.6. The zero-order valence-electron chi connectivity index (χ0n) is 17.6. The van der Waals surface area contributed by atoms with Crippen molar-refractivity contribution in [2.24, 2.45) is 0 Å². The largest absolute Gasteiger partial charge is 0.302 e. The molecule has 4 rings (SSSR count). The minimum absolute atomic E-state index is 0.827. The Morgan fingerprint density at radius 2 is 1.86 bits per heavy atom. The number of fused-ring (bicyclic) bond motifs is 2. The maximum atomic E-state index is 6.26. The van der Waals surface area contributed by atoms with E-state index in [1.165, 1.54) is 52.1 Å². The molecule has 1 aromatic carbocycles. The zero-order valence-corrected chi connectivity index (χ0v) is 18.3. The Hall–Kier alpha value is -1.90. The van der Waals surface area contributed by atoms with Gasteiger partial charge < -0.3 is 4.90 Å². The Bertz CT molecular complexity index is 891. The van der Waals surface area contributed by atoms with Crippen molar-refractivity contribution in [3.8, 4) is 0 Å². The van der Waals surface area contributed by atoms with Gasteiger partial charge >= 0.3 is 0 Å². The Kier molecular flexibility index (Phi) is 7.09. The summed E-state index contributed by atoms with van der Waals surface area (Å²) in [5.41, 5.74) is 9.48. The third kappa shape index (κ3) is 4.92. The summed E-state index contributed by atoms with van der Waals surface area (Å²) < 4.78 is 0. The molecule has 1 aliphatic carbocycles. The van der Waals surface area contributed by atoms with Gasteiger partial charge in [0.05, 0.1) is 5.69 Å². The number of hydrogen-bond acceptors (Lipinski definition) is 2. The van der Waals surface area contributed by atoms with Crippen LogP contribution in [-0.4, -0.2) is 30.0 Å². The van der Waals surface area contributed by atoms with Crippen LogP contribution in [-0.2, 0) is 12.8 Å². The third-order valence-corrected chi connectivity index (χ3v) is 5.77. The van der Waals surface area contributed by atoms with Crippen molar-refractivity contribution >= 4 is 17.2 Å². The van der Waals surface area contributed by atoms with E-state index in [0.717, 1.165) is 30.8 Å². The summed E-state index contributed by atoms with van der Waals surface area (Å²) in [7, 11) is 2.21. The Balaban J connectivity index is 0.000000403. The van der Waals surface area contributed by atoms with Crippen molar-refractivity contribution in [3.05, 3.63) is 81.2 Å². The number of aryl methyl sites for hydroxylation is 2. The second-order valence-corrected chi connectivity index (χ2v) is 8.43. The minimum atomic E-state index is 0.827. The molecule has 0 unspecified atom stereocenters. The molecule has 1 fully saturated rings. The fourth-order valence-corrected chi connectivity index (χ4v) is 4.08. The van der Waals surface area contributed by atoms with E-state index in [-0.39, 0.29) is 0 Å². The minimum Gasteiger partial charge on any atom is -0.302 e. The van der Waals surface area contributed by atoms with E-state index in [2.05, 4.69) is 56.1 Å². The highest BCUT2D eigenvalue weighted by molar-refractivity contribution is 6.30. The monoisotopic (exact) mass is 394 g/mol. The highest BCUT2D eigenvalue weighted by Crippen LogP contribution is 2.37. The lowest BCUT2D eigenvalue weighted by Gasteiger charge is -2.27. The number of benzene rings is 1. The van der Waals surface area contributed by atoms with Crippen LogP contribution in [0.25, 0.3) is 5.57 Å². The van der Waals surface area contributed by atoms with Gasteiger partial charge in [0.15, 0.2) is 0 Å². The molecule has 0 radical (unpaired) electrons. The van der Waals surface area contributed by atoms with Crippen molar-refractivity contribution < 1.29 is 0 Å². The first kappa shape index (κ1) is 20.8. The van der Waals surface area contributed by atoms with Crippen LogP contribution in [0, 0.1) is 0 Å². The summed E-state index contributed by atoms with van der Waals surface area (Å²) >= 11 is 6.26. The van der Waals surface area contributed by atoms with Crippen molar-refractivity contribution in [1.29, 1.82) is 0 Å². The topological polar surface area (TPSA) is 16.1 Å². The number of rotatable bonds is 0. The standard InChI is InChI=1S/C20H21ClN2.C5H10/c1-23-11-3-5-16(13-23)19-18-9-8-17(21)12-15(18)7-6-14-4-2-10-22-20(14)19;1-4-5(2)3/h2,4,8-10,12H,3,5-7,11,13H2,1H3;4H,1-3H3/b19-16-;. The van der Waals surface area contributed by atoms with Crippen molar-refractivity contribution in [2.45, 2.75) is 46.5 Å². The van der Waals surface area contributed by atoms with Gasteiger partial charge in [0.25, 0.3) is 0 Å². The summed E-state index contributed by atoms with van der Waals surface area (Å²) in [5, 5.41) is 0.827. The molecule has 0 amide bonds. The molecule has 1 aromatic heterocycles. The van der Waals surface area contributed by atoms with Gasteiger partial charge in [-0.1, -0.05) is 35.4 Å². The molecule has 1 saturated heterocycles. The number of allylic oxidation sites excluding steroid dienone is 2. The lowest BCUT2D eigenvalue weighted by molar-refractivity contribution is 0.323. The molecule has 0 spiro atoms.